The highest BCUT2D eigenvalue weighted by atomic mass is 15.1. The summed E-state index contributed by atoms with van der Waals surface area (Å²) in [6, 6.07) is 0. The standard InChI is InChI=1S/C12H25N/c1-4-12(2,3)11-13-9-7-5-6-8-10-13/h4-11H2,1-3H3. The van der Waals surface area contributed by atoms with Crippen molar-refractivity contribution in [2.75, 3.05) is 19.6 Å². The van der Waals surface area contributed by atoms with Crippen LogP contribution in [0.25, 0.3) is 0 Å². The van der Waals surface area contributed by atoms with Crippen LogP contribution in [0.4, 0.5) is 0 Å². The quantitative estimate of drug-likeness (QED) is 0.649. The van der Waals surface area contributed by atoms with E-state index in [0.717, 1.165) is 0 Å². The largest absolute Gasteiger partial charge is 0.303 e. The van der Waals surface area contributed by atoms with Gasteiger partial charge in [-0.1, -0.05) is 33.6 Å². The van der Waals surface area contributed by atoms with Crippen LogP contribution in [0.1, 0.15) is 52.9 Å². The van der Waals surface area contributed by atoms with E-state index in [0.29, 0.717) is 5.41 Å². The van der Waals surface area contributed by atoms with Crippen LogP contribution >= 0.6 is 0 Å². The first kappa shape index (κ1) is 11.0. The summed E-state index contributed by atoms with van der Waals surface area (Å²) in [5.41, 5.74) is 0.518. The minimum Gasteiger partial charge on any atom is -0.303 e. The summed E-state index contributed by atoms with van der Waals surface area (Å²) in [4.78, 5) is 2.66. The molecule has 1 nitrogen and oxygen atoms in total. The molecule has 0 saturated carbocycles. The van der Waals surface area contributed by atoms with Crippen molar-refractivity contribution in [1.29, 1.82) is 0 Å². The van der Waals surface area contributed by atoms with E-state index in [9.17, 15) is 0 Å². The minimum absolute atomic E-state index is 0.518. The zero-order chi connectivity index (χ0) is 9.73. The highest BCUT2D eigenvalue weighted by molar-refractivity contribution is 4.73. The molecule has 0 amide bonds. The van der Waals surface area contributed by atoms with Gasteiger partial charge in [-0.3, -0.25) is 0 Å². The van der Waals surface area contributed by atoms with Gasteiger partial charge in [-0.2, -0.15) is 0 Å². The van der Waals surface area contributed by atoms with Crippen LogP contribution in [-0.4, -0.2) is 24.5 Å². The van der Waals surface area contributed by atoms with Crippen molar-refractivity contribution in [1.82, 2.24) is 4.90 Å². The number of nitrogens with zero attached hydrogens (tertiary/aromatic N) is 1. The lowest BCUT2D eigenvalue weighted by Crippen LogP contribution is -2.34. The van der Waals surface area contributed by atoms with Gasteiger partial charge in [0.2, 0.25) is 0 Å². The molecule has 0 radical (unpaired) electrons. The summed E-state index contributed by atoms with van der Waals surface area (Å²) in [7, 11) is 0. The molecule has 0 spiro atoms. The number of hydrogen-bond acceptors (Lipinski definition) is 1. The van der Waals surface area contributed by atoms with E-state index in [-0.39, 0.29) is 0 Å². The van der Waals surface area contributed by atoms with Crippen LogP contribution in [0.5, 0.6) is 0 Å². The van der Waals surface area contributed by atoms with Crippen LogP contribution < -0.4 is 0 Å². The molecular weight excluding hydrogens is 158 g/mol. The minimum atomic E-state index is 0.518. The summed E-state index contributed by atoms with van der Waals surface area (Å²) >= 11 is 0. The van der Waals surface area contributed by atoms with E-state index < -0.39 is 0 Å². The third-order valence-corrected chi connectivity index (χ3v) is 3.31. The van der Waals surface area contributed by atoms with E-state index in [4.69, 9.17) is 0 Å². The second-order valence-electron chi connectivity index (χ2n) is 5.21. The Bertz CT molecular complexity index is 132. The highest BCUT2D eigenvalue weighted by Gasteiger charge is 2.20. The molecule has 1 aliphatic heterocycles. The van der Waals surface area contributed by atoms with Gasteiger partial charge in [-0.25, -0.2) is 0 Å². The lowest BCUT2D eigenvalue weighted by molar-refractivity contribution is 0.178. The molecular formula is C12H25N. The predicted octanol–water partition coefficient (Wildman–Crippen LogP) is 3.30. The maximum Gasteiger partial charge on any atom is 0.00326 e. The highest BCUT2D eigenvalue weighted by Crippen LogP contribution is 2.22. The molecule has 13 heavy (non-hydrogen) atoms. The fourth-order valence-electron chi connectivity index (χ4n) is 2.01. The third kappa shape index (κ3) is 4.12. The van der Waals surface area contributed by atoms with Gasteiger partial charge in [0.25, 0.3) is 0 Å². The van der Waals surface area contributed by atoms with Crippen molar-refractivity contribution in [3.8, 4) is 0 Å². The summed E-state index contributed by atoms with van der Waals surface area (Å²) in [6.07, 6.45) is 7.02. The molecule has 0 aromatic rings. The molecule has 78 valence electrons. The summed E-state index contributed by atoms with van der Waals surface area (Å²) < 4.78 is 0. The number of likely N-dealkylation sites (tertiary alicyclic amines) is 1. The molecule has 0 aliphatic carbocycles. The fraction of sp³-hybridized carbons (Fsp3) is 1.00. The maximum atomic E-state index is 2.66. The Hall–Kier alpha value is -0.0400. The van der Waals surface area contributed by atoms with Gasteiger partial charge in [-0.15, -0.1) is 0 Å². The average Bonchev–Trinajstić information content (AvgIpc) is 2.32. The average molecular weight is 183 g/mol. The van der Waals surface area contributed by atoms with Crippen molar-refractivity contribution >= 4 is 0 Å². The second-order valence-corrected chi connectivity index (χ2v) is 5.21. The Morgan fingerprint density at radius 2 is 1.54 bits per heavy atom. The van der Waals surface area contributed by atoms with Crippen LogP contribution in [-0.2, 0) is 0 Å². The first-order valence-electron chi connectivity index (χ1n) is 5.86. The van der Waals surface area contributed by atoms with E-state index in [1.54, 1.807) is 0 Å². The first-order chi connectivity index (χ1) is 6.14. The lowest BCUT2D eigenvalue weighted by Gasteiger charge is -2.31. The van der Waals surface area contributed by atoms with Gasteiger partial charge >= 0.3 is 0 Å². The van der Waals surface area contributed by atoms with E-state index in [1.165, 1.54) is 51.7 Å². The zero-order valence-electron chi connectivity index (χ0n) is 9.60. The predicted molar refractivity (Wildman–Crippen MR) is 59.0 cm³/mol. The van der Waals surface area contributed by atoms with E-state index in [1.807, 2.05) is 0 Å². The molecule has 0 N–H and O–H groups in total. The summed E-state index contributed by atoms with van der Waals surface area (Å²) in [5.74, 6) is 0. The van der Waals surface area contributed by atoms with E-state index >= 15 is 0 Å². The van der Waals surface area contributed by atoms with Gasteiger partial charge in [0, 0.05) is 6.54 Å². The molecule has 1 rings (SSSR count). The zero-order valence-corrected chi connectivity index (χ0v) is 9.60. The Balaban J connectivity index is 2.33. The van der Waals surface area contributed by atoms with Gasteiger partial charge in [0.1, 0.15) is 0 Å². The van der Waals surface area contributed by atoms with Gasteiger partial charge in [0.15, 0.2) is 0 Å². The molecule has 1 saturated heterocycles. The van der Waals surface area contributed by atoms with Crippen molar-refractivity contribution in [3.63, 3.8) is 0 Å². The molecule has 1 aliphatic rings. The molecule has 0 atom stereocenters. The smallest absolute Gasteiger partial charge is 0.00326 e. The molecule has 1 heterocycles. The Morgan fingerprint density at radius 3 is 2.00 bits per heavy atom. The summed E-state index contributed by atoms with van der Waals surface area (Å²) in [6.45, 7) is 11.0. The summed E-state index contributed by atoms with van der Waals surface area (Å²) in [5, 5.41) is 0. The molecule has 1 fully saturated rings. The maximum absolute atomic E-state index is 2.66. The Morgan fingerprint density at radius 1 is 1.00 bits per heavy atom. The lowest BCUT2D eigenvalue weighted by atomic mass is 9.89. The normalized spacial score (nSPS) is 21.5. The van der Waals surface area contributed by atoms with Crippen LogP contribution in [0.2, 0.25) is 0 Å². The topological polar surface area (TPSA) is 3.24 Å². The van der Waals surface area contributed by atoms with Gasteiger partial charge in [0.05, 0.1) is 0 Å². The molecule has 0 aromatic heterocycles. The Kier molecular flexibility index (Phi) is 4.24. The van der Waals surface area contributed by atoms with Crippen LogP contribution in [0.3, 0.4) is 0 Å². The van der Waals surface area contributed by atoms with Crippen molar-refractivity contribution in [3.05, 3.63) is 0 Å². The monoisotopic (exact) mass is 183 g/mol. The number of hydrogen-bond donors (Lipinski definition) is 0. The SMILES string of the molecule is CCC(C)(C)CN1CCCCCC1. The number of rotatable bonds is 3. The fourth-order valence-corrected chi connectivity index (χ4v) is 2.01. The first-order valence-corrected chi connectivity index (χ1v) is 5.86. The second kappa shape index (κ2) is 4.99. The van der Waals surface area contributed by atoms with Crippen molar-refractivity contribution in [2.45, 2.75) is 52.9 Å². The van der Waals surface area contributed by atoms with Crippen LogP contribution in [0.15, 0.2) is 0 Å². The van der Waals surface area contributed by atoms with Gasteiger partial charge in [-0.05, 0) is 37.8 Å². The van der Waals surface area contributed by atoms with Crippen molar-refractivity contribution in [2.24, 2.45) is 5.41 Å². The molecule has 1 heteroatoms. The van der Waals surface area contributed by atoms with Crippen molar-refractivity contribution < 1.29 is 0 Å². The Labute approximate surface area is 83.5 Å². The molecule has 0 aromatic carbocycles. The third-order valence-electron chi connectivity index (χ3n) is 3.31. The van der Waals surface area contributed by atoms with Crippen LogP contribution in [0, 0.1) is 5.41 Å². The molecule has 0 bridgehead atoms. The molecule has 0 unspecified atom stereocenters. The van der Waals surface area contributed by atoms with E-state index in [2.05, 4.69) is 25.7 Å². The van der Waals surface area contributed by atoms with Gasteiger partial charge < -0.3 is 4.90 Å².